The number of hydrogen-bond acceptors (Lipinski definition) is 6. The highest BCUT2D eigenvalue weighted by molar-refractivity contribution is 9.10. The van der Waals surface area contributed by atoms with Crippen LogP contribution in [0, 0.1) is 0 Å². The standard InChI is InChI=1S/C24H13BrClN3O3S/c25-16-8-9-19-21(11-16)33-24(28-19)29(23(31)14-4-3-5-17(26)10-14)27-12-15-13-32-20-7-2-1-6-18(20)22(15)30/h1-13H/b27-12+. The predicted molar refractivity (Wildman–Crippen MR) is 136 cm³/mol. The van der Waals surface area contributed by atoms with Gasteiger partial charge in [0.25, 0.3) is 5.91 Å². The third-order valence-electron chi connectivity index (χ3n) is 4.80. The molecule has 0 atom stereocenters. The summed E-state index contributed by atoms with van der Waals surface area (Å²) in [4.78, 5) is 30.8. The van der Waals surface area contributed by atoms with Gasteiger partial charge in [-0.05, 0) is 48.5 Å². The SMILES string of the molecule is O=C(c1cccc(Cl)c1)N(/N=C/c1coc2ccccc2c1=O)c1nc2ccc(Br)cc2s1. The Balaban J connectivity index is 1.61. The van der Waals surface area contributed by atoms with Crippen molar-refractivity contribution in [3.63, 3.8) is 0 Å². The van der Waals surface area contributed by atoms with Crippen molar-refractivity contribution in [1.29, 1.82) is 0 Å². The van der Waals surface area contributed by atoms with Crippen LogP contribution in [0.1, 0.15) is 15.9 Å². The monoisotopic (exact) mass is 537 g/mol. The summed E-state index contributed by atoms with van der Waals surface area (Å²) >= 11 is 10.8. The van der Waals surface area contributed by atoms with E-state index in [0.717, 1.165) is 14.7 Å². The summed E-state index contributed by atoms with van der Waals surface area (Å²) in [6.45, 7) is 0. The number of anilines is 1. The first-order chi connectivity index (χ1) is 16.0. The maximum atomic E-state index is 13.4. The Kier molecular flexibility index (Phi) is 5.80. The first-order valence-corrected chi connectivity index (χ1v) is 11.7. The van der Waals surface area contributed by atoms with E-state index >= 15 is 0 Å². The highest BCUT2D eigenvalue weighted by atomic mass is 79.9. The molecule has 0 spiro atoms. The summed E-state index contributed by atoms with van der Waals surface area (Å²) in [5.41, 5.74) is 1.50. The molecule has 162 valence electrons. The average Bonchev–Trinajstić information content (AvgIpc) is 3.23. The summed E-state index contributed by atoms with van der Waals surface area (Å²) in [6, 6.07) is 19.1. The molecule has 0 aliphatic carbocycles. The molecule has 0 fully saturated rings. The second-order valence-electron chi connectivity index (χ2n) is 7.00. The van der Waals surface area contributed by atoms with Gasteiger partial charge in [0, 0.05) is 15.1 Å². The number of hydrogen-bond donors (Lipinski definition) is 0. The number of para-hydroxylation sites is 1. The van der Waals surface area contributed by atoms with Crippen LogP contribution < -0.4 is 10.4 Å². The van der Waals surface area contributed by atoms with Crippen LogP contribution >= 0.6 is 38.9 Å². The zero-order chi connectivity index (χ0) is 22.9. The van der Waals surface area contributed by atoms with Gasteiger partial charge < -0.3 is 4.42 Å². The highest BCUT2D eigenvalue weighted by Crippen LogP contribution is 2.32. The molecule has 3 aromatic carbocycles. The first kappa shape index (κ1) is 21.5. The molecular formula is C24H13BrClN3O3S. The second-order valence-corrected chi connectivity index (χ2v) is 9.36. The molecule has 5 rings (SSSR count). The molecule has 9 heteroatoms. The number of thiazole rings is 1. The molecule has 0 radical (unpaired) electrons. The van der Waals surface area contributed by atoms with Gasteiger partial charge in [0.15, 0.2) is 0 Å². The molecule has 0 saturated carbocycles. The summed E-state index contributed by atoms with van der Waals surface area (Å²) in [5, 5.41) is 6.72. The summed E-state index contributed by atoms with van der Waals surface area (Å²) < 4.78 is 7.33. The number of amides is 1. The predicted octanol–water partition coefficient (Wildman–Crippen LogP) is 6.50. The molecule has 0 aliphatic rings. The van der Waals surface area contributed by atoms with Gasteiger partial charge in [0.1, 0.15) is 11.8 Å². The molecule has 0 aliphatic heterocycles. The minimum Gasteiger partial charge on any atom is -0.463 e. The minimum absolute atomic E-state index is 0.210. The molecule has 2 heterocycles. The quantitative estimate of drug-likeness (QED) is 0.193. The van der Waals surface area contributed by atoms with Gasteiger partial charge >= 0.3 is 0 Å². The van der Waals surface area contributed by atoms with Crippen LogP contribution in [-0.4, -0.2) is 17.1 Å². The van der Waals surface area contributed by atoms with E-state index in [2.05, 4.69) is 26.0 Å². The van der Waals surface area contributed by atoms with Gasteiger partial charge in [0.05, 0.1) is 27.4 Å². The van der Waals surface area contributed by atoms with Crippen LogP contribution in [0.15, 0.2) is 91.8 Å². The van der Waals surface area contributed by atoms with E-state index < -0.39 is 5.91 Å². The number of rotatable bonds is 4. The van der Waals surface area contributed by atoms with E-state index in [1.54, 1.807) is 48.5 Å². The lowest BCUT2D eigenvalue weighted by molar-refractivity contribution is 0.0988. The van der Waals surface area contributed by atoms with Gasteiger partial charge in [0.2, 0.25) is 10.6 Å². The maximum Gasteiger partial charge on any atom is 0.280 e. The lowest BCUT2D eigenvalue weighted by Crippen LogP contribution is -2.26. The Hall–Kier alpha value is -3.33. The highest BCUT2D eigenvalue weighted by Gasteiger charge is 2.21. The molecule has 0 unspecified atom stereocenters. The largest absolute Gasteiger partial charge is 0.463 e. The number of aromatic nitrogens is 1. The van der Waals surface area contributed by atoms with Gasteiger partial charge in [-0.2, -0.15) is 10.1 Å². The van der Waals surface area contributed by atoms with Crippen LogP contribution in [-0.2, 0) is 0 Å². The number of carbonyl (C=O) groups is 1. The molecule has 5 aromatic rings. The third-order valence-corrected chi connectivity index (χ3v) is 6.53. The Morgan fingerprint density at radius 1 is 1.12 bits per heavy atom. The molecule has 0 bridgehead atoms. The summed E-state index contributed by atoms with van der Waals surface area (Å²) in [5.74, 6) is -0.433. The fourth-order valence-corrected chi connectivity index (χ4v) is 4.88. The van der Waals surface area contributed by atoms with Crippen LogP contribution in [0.25, 0.3) is 21.2 Å². The van der Waals surface area contributed by atoms with Crippen LogP contribution in [0.3, 0.4) is 0 Å². The Labute approximate surface area is 204 Å². The lowest BCUT2D eigenvalue weighted by atomic mass is 10.2. The maximum absolute atomic E-state index is 13.4. The zero-order valence-electron chi connectivity index (χ0n) is 16.7. The number of fused-ring (bicyclic) bond motifs is 2. The van der Waals surface area contributed by atoms with E-state index in [-0.39, 0.29) is 11.0 Å². The minimum atomic E-state index is -0.433. The topological polar surface area (TPSA) is 75.8 Å². The van der Waals surface area contributed by atoms with Crippen molar-refractivity contribution in [2.24, 2.45) is 5.10 Å². The van der Waals surface area contributed by atoms with Crippen molar-refractivity contribution in [2.75, 3.05) is 5.01 Å². The zero-order valence-corrected chi connectivity index (χ0v) is 19.9. The molecule has 6 nitrogen and oxygen atoms in total. The van der Waals surface area contributed by atoms with Gasteiger partial charge in [-0.1, -0.05) is 57.1 Å². The number of benzene rings is 3. The van der Waals surface area contributed by atoms with Crippen molar-refractivity contribution in [3.05, 3.63) is 104 Å². The Bertz CT molecular complexity index is 1610. The third kappa shape index (κ3) is 4.32. The summed E-state index contributed by atoms with van der Waals surface area (Å²) in [6.07, 6.45) is 2.63. The Morgan fingerprint density at radius 3 is 2.82 bits per heavy atom. The Morgan fingerprint density at radius 2 is 1.97 bits per heavy atom. The molecule has 33 heavy (non-hydrogen) atoms. The molecule has 1 amide bonds. The smallest absolute Gasteiger partial charge is 0.280 e. The van der Waals surface area contributed by atoms with E-state index in [1.165, 1.54) is 28.8 Å². The normalized spacial score (nSPS) is 11.5. The van der Waals surface area contributed by atoms with Crippen LogP contribution in [0.4, 0.5) is 5.13 Å². The fraction of sp³-hybridized carbons (Fsp3) is 0. The number of halogens is 2. The number of nitrogens with zero attached hydrogens (tertiary/aromatic N) is 3. The first-order valence-electron chi connectivity index (χ1n) is 9.70. The number of carbonyl (C=O) groups excluding carboxylic acids is 1. The molecule has 2 aromatic heterocycles. The van der Waals surface area contributed by atoms with E-state index in [9.17, 15) is 9.59 Å². The second kappa shape index (κ2) is 8.90. The van der Waals surface area contributed by atoms with Crippen LogP contribution in [0.5, 0.6) is 0 Å². The van der Waals surface area contributed by atoms with Crippen molar-refractivity contribution in [1.82, 2.24) is 4.98 Å². The molecule has 0 N–H and O–H groups in total. The average molecular weight is 539 g/mol. The van der Waals surface area contributed by atoms with E-state index in [1.807, 2.05) is 18.2 Å². The van der Waals surface area contributed by atoms with Gasteiger partial charge in [-0.15, -0.1) is 0 Å². The van der Waals surface area contributed by atoms with E-state index in [4.69, 9.17) is 16.0 Å². The summed E-state index contributed by atoms with van der Waals surface area (Å²) in [7, 11) is 0. The van der Waals surface area contributed by atoms with Crippen molar-refractivity contribution in [2.45, 2.75) is 0 Å². The van der Waals surface area contributed by atoms with Crippen molar-refractivity contribution < 1.29 is 9.21 Å². The lowest BCUT2D eigenvalue weighted by Gasteiger charge is -2.14. The van der Waals surface area contributed by atoms with Gasteiger partial charge in [-0.3, -0.25) is 9.59 Å². The van der Waals surface area contributed by atoms with Gasteiger partial charge in [-0.25, -0.2) is 4.98 Å². The van der Waals surface area contributed by atoms with E-state index in [0.29, 0.717) is 26.7 Å². The number of hydrazone groups is 1. The van der Waals surface area contributed by atoms with Crippen molar-refractivity contribution in [3.8, 4) is 0 Å². The fourth-order valence-electron chi connectivity index (χ4n) is 3.21. The molecular weight excluding hydrogens is 526 g/mol. The molecule has 0 saturated heterocycles. The van der Waals surface area contributed by atoms with Crippen LogP contribution in [0.2, 0.25) is 5.02 Å². The van der Waals surface area contributed by atoms with Crippen molar-refractivity contribution >= 4 is 77.3 Å².